The lowest BCUT2D eigenvalue weighted by atomic mass is 9.97. The summed E-state index contributed by atoms with van der Waals surface area (Å²) in [4.78, 5) is 0. The van der Waals surface area contributed by atoms with Crippen molar-refractivity contribution in [2.75, 3.05) is 0 Å². The highest BCUT2D eigenvalue weighted by molar-refractivity contribution is 5.24. The van der Waals surface area contributed by atoms with E-state index in [4.69, 9.17) is 0 Å². The van der Waals surface area contributed by atoms with E-state index in [1.54, 1.807) is 0 Å². The molecule has 0 radical (unpaired) electrons. The Balaban J connectivity index is 2.26. The van der Waals surface area contributed by atoms with Crippen molar-refractivity contribution in [1.29, 1.82) is 0 Å². The number of H-pyrrole nitrogens is 1. The summed E-state index contributed by atoms with van der Waals surface area (Å²) in [6.07, 6.45) is 7.84. The maximum atomic E-state index is 4.33. The number of hydrogen-bond acceptors (Lipinski definition) is 1. The third-order valence-electron chi connectivity index (χ3n) is 2.75. The molecule has 2 nitrogen and oxygen atoms in total. The lowest BCUT2D eigenvalue weighted by Gasteiger charge is -2.08. The summed E-state index contributed by atoms with van der Waals surface area (Å²) in [6, 6.07) is 0. The molecule has 0 unspecified atom stereocenters. The molecule has 0 aliphatic heterocycles. The number of aryl methyl sites for hydroxylation is 2. The second kappa shape index (κ2) is 3.30. The van der Waals surface area contributed by atoms with Gasteiger partial charge >= 0.3 is 0 Å². The van der Waals surface area contributed by atoms with Crippen LogP contribution in [0.5, 0.6) is 0 Å². The predicted octanol–water partition coefficient (Wildman–Crippen LogP) is 2.38. The van der Waals surface area contributed by atoms with Gasteiger partial charge in [-0.15, -0.1) is 0 Å². The van der Waals surface area contributed by atoms with Gasteiger partial charge in [-0.2, -0.15) is 5.10 Å². The molecule has 0 aromatic carbocycles. The predicted molar refractivity (Wildman–Crippen MR) is 49.2 cm³/mol. The summed E-state index contributed by atoms with van der Waals surface area (Å²) in [6.45, 7) is 2.13. The number of nitrogens with one attached hydrogen (secondary N) is 1. The first-order chi connectivity index (χ1) is 5.88. The highest BCUT2D eigenvalue weighted by Crippen LogP contribution is 2.20. The van der Waals surface area contributed by atoms with Crippen molar-refractivity contribution in [3.8, 4) is 0 Å². The second-order valence-corrected chi connectivity index (χ2v) is 3.69. The average Bonchev–Trinajstić information content (AvgIpc) is 2.31. The van der Waals surface area contributed by atoms with Crippen LogP contribution in [0.3, 0.4) is 0 Å². The van der Waals surface area contributed by atoms with Crippen molar-refractivity contribution in [2.45, 2.75) is 45.4 Å². The molecule has 0 saturated heterocycles. The van der Waals surface area contributed by atoms with E-state index in [9.17, 15) is 0 Å². The van der Waals surface area contributed by atoms with Crippen molar-refractivity contribution in [3.63, 3.8) is 0 Å². The molecule has 1 aliphatic carbocycles. The van der Waals surface area contributed by atoms with E-state index in [1.807, 2.05) is 0 Å². The Kier molecular flexibility index (Phi) is 2.15. The van der Waals surface area contributed by atoms with Gasteiger partial charge in [-0.05, 0) is 38.2 Å². The molecular weight excluding hydrogens is 148 g/mol. The molecule has 0 atom stereocenters. The fourth-order valence-electron chi connectivity index (χ4n) is 1.99. The normalized spacial score (nSPS) is 18.1. The van der Waals surface area contributed by atoms with Crippen LogP contribution < -0.4 is 0 Å². The second-order valence-electron chi connectivity index (χ2n) is 3.69. The minimum Gasteiger partial charge on any atom is -0.282 e. The third-order valence-corrected chi connectivity index (χ3v) is 2.75. The van der Waals surface area contributed by atoms with Gasteiger partial charge in [0.15, 0.2) is 0 Å². The van der Waals surface area contributed by atoms with Crippen LogP contribution in [0.2, 0.25) is 0 Å². The van der Waals surface area contributed by atoms with Crippen molar-refractivity contribution in [3.05, 3.63) is 17.0 Å². The van der Waals surface area contributed by atoms with Crippen molar-refractivity contribution in [1.82, 2.24) is 10.2 Å². The summed E-state index contributed by atoms with van der Waals surface area (Å²) < 4.78 is 0. The Morgan fingerprint density at radius 1 is 1.08 bits per heavy atom. The standard InChI is InChI=1S/C10H16N2/c1-8-9-6-4-2-3-5-7-10(9)12-11-8/h2-7H2,1H3,(H,11,12). The van der Waals surface area contributed by atoms with Crippen LogP contribution in [0.1, 0.15) is 42.6 Å². The molecule has 0 bridgehead atoms. The first kappa shape index (κ1) is 7.84. The third kappa shape index (κ3) is 1.38. The fraction of sp³-hybridized carbons (Fsp3) is 0.700. The molecule has 0 fully saturated rings. The van der Waals surface area contributed by atoms with Crippen LogP contribution in [0.15, 0.2) is 0 Å². The number of fused-ring (bicyclic) bond motifs is 1. The maximum absolute atomic E-state index is 4.33. The zero-order valence-electron chi connectivity index (χ0n) is 7.69. The largest absolute Gasteiger partial charge is 0.282 e. The van der Waals surface area contributed by atoms with Crippen LogP contribution in [-0.2, 0) is 12.8 Å². The van der Waals surface area contributed by atoms with Crippen molar-refractivity contribution < 1.29 is 0 Å². The summed E-state index contributed by atoms with van der Waals surface area (Å²) >= 11 is 0. The van der Waals surface area contributed by atoms with E-state index in [0.717, 1.165) is 0 Å². The Bertz CT molecular complexity index is 263. The number of hydrogen-bond donors (Lipinski definition) is 1. The van der Waals surface area contributed by atoms with Gasteiger partial charge in [-0.3, -0.25) is 5.10 Å². The van der Waals surface area contributed by atoms with E-state index in [1.165, 1.54) is 55.5 Å². The highest BCUT2D eigenvalue weighted by Gasteiger charge is 2.11. The van der Waals surface area contributed by atoms with Gasteiger partial charge in [0.2, 0.25) is 0 Å². The average molecular weight is 164 g/mol. The molecule has 12 heavy (non-hydrogen) atoms. The molecule has 1 aromatic heterocycles. The zero-order chi connectivity index (χ0) is 8.39. The Morgan fingerprint density at radius 2 is 1.83 bits per heavy atom. The number of aromatic nitrogens is 2. The van der Waals surface area contributed by atoms with Crippen LogP contribution in [0, 0.1) is 6.92 Å². The van der Waals surface area contributed by atoms with Crippen LogP contribution >= 0.6 is 0 Å². The lowest BCUT2D eigenvalue weighted by Crippen LogP contribution is -1.98. The van der Waals surface area contributed by atoms with Crippen LogP contribution in [0.4, 0.5) is 0 Å². The summed E-state index contributed by atoms with van der Waals surface area (Å²) in [7, 11) is 0. The number of rotatable bonds is 0. The molecule has 1 aromatic rings. The minimum absolute atomic E-state index is 1.18. The molecule has 1 heterocycles. The molecule has 0 amide bonds. The van der Waals surface area contributed by atoms with Gasteiger partial charge in [-0.1, -0.05) is 12.8 Å². The fourth-order valence-corrected chi connectivity index (χ4v) is 1.99. The zero-order valence-corrected chi connectivity index (χ0v) is 7.69. The van der Waals surface area contributed by atoms with Crippen LogP contribution in [-0.4, -0.2) is 10.2 Å². The maximum Gasteiger partial charge on any atom is 0.0656 e. The van der Waals surface area contributed by atoms with E-state index in [-0.39, 0.29) is 0 Å². The number of aromatic amines is 1. The first-order valence-corrected chi connectivity index (χ1v) is 4.90. The molecule has 2 heteroatoms. The molecular formula is C10H16N2. The molecule has 66 valence electrons. The van der Waals surface area contributed by atoms with E-state index in [0.29, 0.717) is 0 Å². The summed E-state index contributed by atoms with van der Waals surface area (Å²) in [5, 5.41) is 7.42. The van der Waals surface area contributed by atoms with Gasteiger partial charge in [0.05, 0.1) is 5.69 Å². The molecule has 1 aliphatic rings. The van der Waals surface area contributed by atoms with E-state index in [2.05, 4.69) is 17.1 Å². The van der Waals surface area contributed by atoms with Gasteiger partial charge < -0.3 is 0 Å². The molecule has 2 rings (SSSR count). The first-order valence-electron chi connectivity index (χ1n) is 4.90. The highest BCUT2D eigenvalue weighted by atomic mass is 15.1. The van der Waals surface area contributed by atoms with Gasteiger partial charge in [0, 0.05) is 5.69 Å². The van der Waals surface area contributed by atoms with Gasteiger partial charge in [0.25, 0.3) is 0 Å². The summed E-state index contributed by atoms with van der Waals surface area (Å²) in [5.74, 6) is 0. The van der Waals surface area contributed by atoms with Crippen molar-refractivity contribution >= 4 is 0 Å². The van der Waals surface area contributed by atoms with E-state index < -0.39 is 0 Å². The number of nitrogens with zero attached hydrogens (tertiary/aromatic N) is 1. The molecule has 0 saturated carbocycles. The topological polar surface area (TPSA) is 28.7 Å². The smallest absolute Gasteiger partial charge is 0.0656 e. The lowest BCUT2D eigenvalue weighted by molar-refractivity contribution is 0.611. The van der Waals surface area contributed by atoms with Crippen LogP contribution in [0.25, 0.3) is 0 Å². The van der Waals surface area contributed by atoms with Crippen molar-refractivity contribution in [2.24, 2.45) is 0 Å². The Labute approximate surface area is 73.4 Å². The van der Waals surface area contributed by atoms with Gasteiger partial charge in [0.1, 0.15) is 0 Å². The Hall–Kier alpha value is -0.790. The monoisotopic (exact) mass is 164 g/mol. The minimum atomic E-state index is 1.18. The SMILES string of the molecule is Cc1[nH]nc2c1CCCCCC2. The molecule has 0 spiro atoms. The molecule has 1 N–H and O–H groups in total. The van der Waals surface area contributed by atoms with E-state index >= 15 is 0 Å². The Morgan fingerprint density at radius 3 is 2.67 bits per heavy atom. The quantitative estimate of drug-likeness (QED) is 0.626. The summed E-state index contributed by atoms with van der Waals surface area (Å²) in [5.41, 5.74) is 4.11. The van der Waals surface area contributed by atoms with Gasteiger partial charge in [-0.25, -0.2) is 0 Å².